The lowest BCUT2D eigenvalue weighted by Gasteiger charge is -2.17. The zero-order valence-electron chi connectivity index (χ0n) is 13.3. The Morgan fingerprint density at radius 2 is 1.56 bits per heavy atom. The average molecular weight is 407 g/mol. The van der Waals surface area contributed by atoms with Crippen LogP contribution in [0.2, 0.25) is 15.1 Å². The number of benzene rings is 1. The van der Waals surface area contributed by atoms with Crippen molar-refractivity contribution in [2.24, 2.45) is 5.92 Å². The smallest absolute Gasteiger partial charge is 0.322 e. The monoisotopic (exact) mass is 405 g/mol. The second-order valence-corrected chi connectivity index (χ2v) is 7.03. The van der Waals surface area contributed by atoms with Crippen molar-refractivity contribution in [2.75, 3.05) is 18.4 Å². The van der Waals surface area contributed by atoms with Crippen LogP contribution in [0.1, 0.15) is 13.8 Å². The summed E-state index contributed by atoms with van der Waals surface area (Å²) in [5.74, 6) is -2.74. The van der Waals surface area contributed by atoms with Gasteiger partial charge in [-0.05, 0) is 18.1 Å². The molecule has 1 aliphatic rings. The molecule has 25 heavy (non-hydrogen) atoms. The lowest BCUT2D eigenvalue weighted by Crippen LogP contribution is -2.39. The van der Waals surface area contributed by atoms with Crippen LogP contribution in [0.25, 0.3) is 0 Å². The molecule has 5 amide bonds. The third kappa shape index (κ3) is 4.23. The van der Waals surface area contributed by atoms with Gasteiger partial charge < -0.3 is 5.32 Å². The molecular formula is C15H14Cl3N3O4. The fourth-order valence-corrected chi connectivity index (χ4v) is 3.11. The van der Waals surface area contributed by atoms with Crippen molar-refractivity contribution in [3.05, 3.63) is 27.2 Å². The highest BCUT2D eigenvalue weighted by atomic mass is 35.5. The molecule has 1 N–H and O–H groups in total. The highest BCUT2D eigenvalue weighted by molar-refractivity contribution is 6.45. The number of carbonyl (C=O) groups excluding carboxylic acids is 4. The molecule has 1 saturated heterocycles. The molecule has 0 aliphatic carbocycles. The van der Waals surface area contributed by atoms with Gasteiger partial charge in [0.2, 0.25) is 5.91 Å². The fraction of sp³-hybridized carbons (Fsp3) is 0.333. The lowest BCUT2D eigenvalue weighted by molar-refractivity contribution is -0.143. The largest absolute Gasteiger partial charge is 0.334 e. The molecule has 1 aromatic carbocycles. The highest BCUT2D eigenvalue weighted by Gasteiger charge is 2.45. The number of amides is 5. The minimum atomic E-state index is -1.05. The van der Waals surface area contributed by atoms with Crippen molar-refractivity contribution < 1.29 is 19.2 Å². The number of nitrogens with one attached hydrogen (secondary N) is 1. The lowest BCUT2D eigenvalue weighted by atomic mass is 10.2. The maximum Gasteiger partial charge on any atom is 0.334 e. The van der Waals surface area contributed by atoms with Crippen LogP contribution in [0.4, 0.5) is 10.5 Å². The average Bonchev–Trinajstić information content (AvgIpc) is 2.68. The van der Waals surface area contributed by atoms with Crippen LogP contribution in [0.15, 0.2) is 12.1 Å². The topological polar surface area (TPSA) is 86.8 Å². The van der Waals surface area contributed by atoms with Gasteiger partial charge in [-0.15, -0.1) is 0 Å². The van der Waals surface area contributed by atoms with Gasteiger partial charge in [-0.2, -0.15) is 0 Å². The maximum absolute atomic E-state index is 12.2. The number of carbonyl (C=O) groups is 4. The molecule has 2 rings (SSSR count). The first kappa shape index (κ1) is 19.5. The van der Waals surface area contributed by atoms with Crippen molar-refractivity contribution >= 4 is 64.2 Å². The van der Waals surface area contributed by atoms with Crippen LogP contribution in [-0.4, -0.2) is 46.6 Å². The van der Waals surface area contributed by atoms with Crippen molar-refractivity contribution in [2.45, 2.75) is 13.8 Å². The predicted molar refractivity (Wildman–Crippen MR) is 93.8 cm³/mol. The molecule has 1 fully saturated rings. The van der Waals surface area contributed by atoms with Gasteiger partial charge in [-0.25, -0.2) is 9.69 Å². The summed E-state index contributed by atoms with van der Waals surface area (Å²) in [7, 11) is 0. The Bertz CT molecular complexity index is 743. The Labute approximate surface area is 158 Å². The van der Waals surface area contributed by atoms with Crippen molar-refractivity contribution in [3.63, 3.8) is 0 Å². The second-order valence-electron chi connectivity index (χ2n) is 5.78. The Hall–Kier alpha value is -1.83. The SMILES string of the molecule is CC(C)CN1C(=O)C(=O)N(CC(=O)Nc2c(Cl)cc(Cl)cc2Cl)C1=O. The third-order valence-electron chi connectivity index (χ3n) is 3.26. The Morgan fingerprint density at radius 1 is 1.04 bits per heavy atom. The normalized spacial score (nSPS) is 14.7. The number of anilines is 1. The number of imide groups is 2. The van der Waals surface area contributed by atoms with E-state index in [4.69, 9.17) is 34.8 Å². The Morgan fingerprint density at radius 3 is 2.08 bits per heavy atom. The standard InChI is InChI=1S/C15H14Cl3N3O4/c1-7(2)5-20-13(23)14(24)21(15(20)25)6-11(22)19-12-9(17)3-8(16)4-10(12)18/h3-4,7H,5-6H2,1-2H3,(H,19,22). The van der Waals surface area contributed by atoms with E-state index in [1.54, 1.807) is 13.8 Å². The first-order valence-corrected chi connectivity index (χ1v) is 8.37. The molecule has 0 unspecified atom stereocenters. The number of nitrogens with zero attached hydrogens (tertiary/aromatic N) is 2. The van der Waals surface area contributed by atoms with E-state index in [0.29, 0.717) is 4.90 Å². The zero-order chi connectivity index (χ0) is 18.9. The summed E-state index contributed by atoms with van der Waals surface area (Å²) in [6.07, 6.45) is 0. The van der Waals surface area contributed by atoms with Gasteiger partial charge in [0.15, 0.2) is 0 Å². The number of urea groups is 1. The van der Waals surface area contributed by atoms with E-state index in [2.05, 4.69) is 5.32 Å². The molecular weight excluding hydrogens is 393 g/mol. The molecule has 0 bridgehead atoms. The molecule has 1 aromatic rings. The van der Waals surface area contributed by atoms with Crippen LogP contribution in [0.5, 0.6) is 0 Å². The summed E-state index contributed by atoms with van der Waals surface area (Å²) in [4.78, 5) is 49.5. The molecule has 0 saturated carbocycles. The second kappa shape index (κ2) is 7.59. The van der Waals surface area contributed by atoms with E-state index < -0.39 is 30.3 Å². The summed E-state index contributed by atoms with van der Waals surface area (Å²) in [5.41, 5.74) is 0.0993. The number of hydrogen-bond donors (Lipinski definition) is 1. The van der Waals surface area contributed by atoms with Gasteiger partial charge >= 0.3 is 17.8 Å². The van der Waals surface area contributed by atoms with E-state index in [1.165, 1.54) is 12.1 Å². The minimum Gasteiger partial charge on any atom is -0.322 e. The Kier molecular flexibility index (Phi) is 5.92. The van der Waals surface area contributed by atoms with E-state index in [9.17, 15) is 19.2 Å². The minimum absolute atomic E-state index is 0.0128. The molecule has 0 spiro atoms. The molecule has 0 atom stereocenters. The van der Waals surface area contributed by atoms with Crippen LogP contribution < -0.4 is 5.32 Å². The molecule has 10 heteroatoms. The number of rotatable bonds is 5. The molecule has 7 nitrogen and oxygen atoms in total. The van der Waals surface area contributed by atoms with E-state index in [-0.39, 0.29) is 33.2 Å². The van der Waals surface area contributed by atoms with Crippen molar-refractivity contribution in [3.8, 4) is 0 Å². The van der Waals surface area contributed by atoms with Gasteiger partial charge in [-0.1, -0.05) is 48.7 Å². The van der Waals surface area contributed by atoms with Gasteiger partial charge in [0.1, 0.15) is 6.54 Å². The summed E-state index contributed by atoms with van der Waals surface area (Å²) in [6, 6.07) is 1.93. The van der Waals surface area contributed by atoms with Crippen molar-refractivity contribution in [1.29, 1.82) is 0 Å². The molecule has 1 heterocycles. The number of halogens is 3. The first-order chi connectivity index (χ1) is 11.6. The van der Waals surface area contributed by atoms with Gasteiger partial charge in [-0.3, -0.25) is 19.3 Å². The quantitative estimate of drug-likeness (QED) is 0.601. The van der Waals surface area contributed by atoms with Crippen LogP contribution in [0, 0.1) is 5.92 Å². The summed E-state index contributed by atoms with van der Waals surface area (Å²) >= 11 is 17.7. The molecule has 134 valence electrons. The maximum atomic E-state index is 12.2. The predicted octanol–water partition coefficient (Wildman–Crippen LogP) is 3.03. The first-order valence-electron chi connectivity index (χ1n) is 7.23. The van der Waals surface area contributed by atoms with Gasteiger partial charge in [0, 0.05) is 11.6 Å². The van der Waals surface area contributed by atoms with E-state index >= 15 is 0 Å². The highest BCUT2D eigenvalue weighted by Crippen LogP contribution is 2.33. The number of hydrogen-bond acceptors (Lipinski definition) is 4. The summed E-state index contributed by atoms with van der Waals surface area (Å²) in [6.45, 7) is 3.06. The van der Waals surface area contributed by atoms with Crippen LogP contribution >= 0.6 is 34.8 Å². The zero-order valence-corrected chi connectivity index (χ0v) is 15.6. The summed E-state index contributed by atoms with van der Waals surface area (Å²) in [5, 5.41) is 2.89. The Balaban J connectivity index is 2.12. The van der Waals surface area contributed by atoms with Crippen LogP contribution in [-0.2, 0) is 14.4 Å². The molecule has 1 aliphatic heterocycles. The summed E-state index contributed by atoms with van der Waals surface area (Å²) < 4.78 is 0. The third-order valence-corrected chi connectivity index (χ3v) is 4.07. The van der Waals surface area contributed by atoms with Gasteiger partial charge in [0.25, 0.3) is 0 Å². The molecule has 0 radical (unpaired) electrons. The van der Waals surface area contributed by atoms with E-state index in [0.717, 1.165) is 4.90 Å². The fourth-order valence-electron chi connectivity index (χ4n) is 2.20. The van der Waals surface area contributed by atoms with Crippen LogP contribution in [0.3, 0.4) is 0 Å². The molecule has 0 aromatic heterocycles. The van der Waals surface area contributed by atoms with Gasteiger partial charge in [0.05, 0.1) is 15.7 Å². The van der Waals surface area contributed by atoms with Crippen molar-refractivity contribution in [1.82, 2.24) is 9.80 Å². The van der Waals surface area contributed by atoms with E-state index in [1.807, 2.05) is 0 Å².